The SMILES string of the molecule is CCCCn1c(N)c(N(C(=O)CSc2ncnc3sccc23)C2CCCC2)c(=O)[nH]c1=O. The van der Waals surface area contributed by atoms with Crippen molar-refractivity contribution >= 4 is 50.7 Å². The lowest BCUT2D eigenvalue weighted by molar-refractivity contribution is -0.116. The van der Waals surface area contributed by atoms with Crippen LogP contribution in [0.15, 0.2) is 32.4 Å². The third-order valence-corrected chi connectivity index (χ3v) is 7.52. The van der Waals surface area contributed by atoms with Crippen molar-refractivity contribution in [3.63, 3.8) is 0 Å². The molecule has 0 aromatic carbocycles. The zero-order valence-corrected chi connectivity index (χ0v) is 19.5. The van der Waals surface area contributed by atoms with Crippen molar-refractivity contribution in [1.29, 1.82) is 0 Å². The molecule has 3 N–H and O–H groups in total. The summed E-state index contributed by atoms with van der Waals surface area (Å²) in [6.45, 7) is 2.40. The van der Waals surface area contributed by atoms with Crippen LogP contribution in [0, 0.1) is 0 Å². The summed E-state index contributed by atoms with van der Waals surface area (Å²) in [6, 6.07) is 1.82. The minimum Gasteiger partial charge on any atom is -0.383 e. The number of aromatic nitrogens is 4. The fourth-order valence-electron chi connectivity index (χ4n) is 4.10. The van der Waals surface area contributed by atoms with E-state index >= 15 is 0 Å². The number of carbonyl (C=O) groups excluding carboxylic acids is 1. The minimum atomic E-state index is -0.618. The maximum absolute atomic E-state index is 13.5. The van der Waals surface area contributed by atoms with Crippen LogP contribution in [0.1, 0.15) is 45.4 Å². The Balaban J connectivity index is 1.67. The van der Waals surface area contributed by atoms with Gasteiger partial charge in [-0.1, -0.05) is 37.9 Å². The summed E-state index contributed by atoms with van der Waals surface area (Å²) < 4.78 is 1.36. The van der Waals surface area contributed by atoms with Gasteiger partial charge in [-0.3, -0.25) is 19.1 Å². The Morgan fingerprint density at radius 2 is 2.12 bits per heavy atom. The van der Waals surface area contributed by atoms with Crippen LogP contribution in [0.5, 0.6) is 0 Å². The molecule has 0 aliphatic heterocycles. The molecule has 11 heteroatoms. The molecule has 170 valence electrons. The van der Waals surface area contributed by atoms with Gasteiger partial charge >= 0.3 is 5.69 Å². The molecule has 32 heavy (non-hydrogen) atoms. The molecular weight excluding hydrogens is 448 g/mol. The number of thioether (sulfide) groups is 1. The highest BCUT2D eigenvalue weighted by Crippen LogP contribution is 2.32. The molecule has 1 saturated carbocycles. The molecule has 9 nitrogen and oxygen atoms in total. The van der Waals surface area contributed by atoms with Gasteiger partial charge in [0.05, 0.1) is 5.75 Å². The highest BCUT2D eigenvalue weighted by molar-refractivity contribution is 8.00. The first-order valence-electron chi connectivity index (χ1n) is 10.8. The lowest BCUT2D eigenvalue weighted by Gasteiger charge is -2.29. The average molecular weight is 475 g/mol. The van der Waals surface area contributed by atoms with E-state index in [1.807, 2.05) is 18.4 Å². The number of thiophene rings is 1. The summed E-state index contributed by atoms with van der Waals surface area (Å²) in [4.78, 5) is 52.0. The Kier molecular flexibility index (Phi) is 6.95. The van der Waals surface area contributed by atoms with Gasteiger partial charge in [-0.2, -0.15) is 0 Å². The summed E-state index contributed by atoms with van der Waals surface area (Å²) in [7, 11) is 0. The zero-order valence-electron chi connectivity index (χ0n) is 17.9. The Bertz CT molecular complexity index is 1230. The van der Waals surface area contributed by atoms with Crippen molar-refractivity contribution in [1.82, 2.24) is 19.5 Å². The first-order valence-corrected chi connectivity index (χ1v) is 12.6. The summed E-state index contributed by atoms with van der Waals surface area (Å²) in [6.07, 6.45) is 6.67. The van der Waals surface area contributed by atoms with E-state index in [0.717, 1.165) is 53.8 Å². The van der Waals surface area contributed by atoms with Gasteiger partial charge in [-0.05, 0) is 30.7 Å². The van der Waals surface area contributed by atoms with Gasteiger partial charge in [0.2, 0.25) is 5.91 Å². The van der Waals surface area contributed by atoms with Crippen molar-refractivity contribution in [3.8, 4) is 0 Å². The second-order valence-corrected chi connectivity index (χ2v) is 9.67. The van der Waals surface area contributed by atoms with Crippen LogP contribution in [0.3, 0.4) is 0 Å². The normalized spacial score (nSPS) is 14.3. The van der Waals surface area contributed by atoms with E-state index in [1.54, 1.807) is 0 Å². The number of rotatable bonds is 8. The van der Waals surface area contributed by atoms with Crippen LogP contribution in [-0.2, 0) is 11.3 Å². The Labute approximate surface area is 193 Å². The quantitative estimate of drug-likeness (QED) is 0.379. The monoisotopic (exact) mass is 474 g/mol. The smallest absolute Gasteiger partial charge is 0.330 e. The number of H-pyrrole nitrogens is 1. The molecule has 0 atom stereocenters. The molecule has 1 aliphatic rings. The molecule has 1 fully saturated rings. The van der Waals surface area contributed by atoms with E-state index in [1.165, 1.54) is 38.9 Å². The van der Waals surface area contributed by atoms with E-state index in [0.29, 0.717) is 6.54 Å². The van der Waals surface area contributed by atoms with E-state index in [2.05, 4.69) is 15.0 Å². The molecule has 0 spiro atoms. The van der Waals surface area contributed by atoms with Gasteiger partial charge in [0, 0.05) is 18.0 Å². The topological polar surface area (TPSA) is 127 Å². The number of aromatic amines is 1. The van der Waals surface area contributed by atoms with Crippen LogP contribution in [0.2, 0.25) is 0 Å². The molecule has 0 bridgehead atoms. The number of fused-ring (bicyclic) bond motifs is 1. The summed E-state index contributed by atoms with van der Waals surface area (Å²) in [5, 5.41) is 3.58. The Morgan fingerprint density at radius 3 is 2.88 bits per heavy atom. The van der Waals surface area contributed by atoms with Crippen LogP contribution in [0.4, 0.5) is 11.5 Å². The Hall–Kier alpha value is -2.66. The second-order valence-electron chi connectivity index (χ2n) is 7.81. The van der Waals surface area contributed by atoms with Crippen LogP contribution >= 0.6 is 23.1 Å². The van der Waals surface area contributed by atoms with Gasteiger partial charge in [0.1, 0.15) is 22.0 Å². The molecule has 3 aromatic rings. The van der Waals surface area contributed by atoms with Crippen molar-refractivity contribution in [2.24, 2.45) is 0 Å². The van der Waals surface area contributed by atoms with E-state index in [4.69, 9.17) is 5.73 Å². The molecule has 4 rings (SSSR count). The fraction of sp³-hybridized carbons (Fsp3) is 0.476. The molecule has 3 aromatic heterocycles. The van der Waals surface area contributed by atoms with Gasteiger partial charge in [0.25, 0.3) is 5.56 Å². The van der Waals surface area contributed by atoms with Gasteiger partial charge in [-0.15, -0.1) is 11.3 Å². The highest BCUT2D eigenvalue weighted by Gasteiger charge is 2.32. The van der Waals surface area contributed by atoms with Crippen LogP contribution in [-0.4, -0.2) is 37.2 Å². The number of unbranched alkanes of at least 4 members (excludes halogenated alkanes) is 1. The summed E-state index contributed by atoms with van der Waals surface area (Å²) >= 11 is 2.84. The standard InChI is InChI=1S/C21H26N6O3S2/c1-2-3-9-26-17(22)16(18(29)25-21(26)30)27(13-6-4-5-7-13)15(28)11-32-20-14-8-10-31-19(14)23-12-24-20/h8,10,12-13H,2-7,9,11,22H2,1H3,(H,25,29,30). The highest BCUT2D eigenvalue weighted by atomic mass is 32.2. The maximum atomic E-state index is 13.5. The lowest BCUT2D eigenvalue weighted by Crippen LogP contribution is -2.46. The minimum absolute atomic E-state index is 0.0553. The molecule has 0 radical (unpaired) electrons. The average Bonchev–Trinajstić information content (AvgIpc) is 3.47. The predicted octanol–water partition coefficient (Wildman–Crippen LogP) is 2.99. The van der Waals surface area contributed by atoms with Gasteiger partial charge in [0.15, 0.2) is 5.69 Å². The predicted molar refractivity (Wildman–Crippen MR) is 129 cm³/mol. The van der Waals surface area contributed by atoms with Gasteiger partial charge in [-0.25, -0.2) is 14.8 Å². The number of nitrogens with one attached hydrogen (secondary N) is 1. The number of nitrogen functional groups attached to an aromatic ring is 1. The van der Waals surface area contributed by atoms with E-state index in [9.17, 15) is 14.4 Å². The summed E-state index contributed by atoms with van der Waals surface area (Å²) in [5.74, 6) is -0.0627. The number of nitrogens with zero attached hydrogens (tertiary/aromatic N) is 4. The number of anilines is 2. The molecular formula is C21H26N6O3S2. The number of hydrogen-bond donors (Lipinski definition) is 2. The first-order chi connectivity index (χ1) is 15.5. The van der Waals surface area contributed by atoms with Crippen molar-refractivity contribution < 1.29 is 4.79 Å². The first kappa shape index (κ1) is 22.5. The number of hydrogen-bond acceptors (Lipinski definition) is 8. The lowest BCUT2D eigenvalue weighted by atomic mass is 10.2. The summed E-state index contributed by atoms with van der Waals surface area (Å²) in [5.41, 5.74) is 5.25. The van der Waals surface area contributed by atoms with Crippen molar-refractivity contribution in [2.45, 2.75) is 63.1 Å². The third kappa shape index (κ3) is 4.44. The van der Waals surface area contributed by atoms with E-state index in [-0.39, 0.29) is 29.2 Å². The second kappa shape index (κ2) is 9.86. The van der Waals surface area contributed by atoms with Crippen molar-refractivity contribution in [3.05, 3.63) is 38.6 Å². The molecule has 1 aliphatic carbocycles. The number of nitrogens with two attached hydrogens (primary N) is 1. The fourth-order valence-corrected chi connectivity index (χ4v) is 5.74. The molecule has 0 unspecified atom stereocenters. The zero-order chi connectivity index (χ0) is 22.7. The maximum Gasteiger partial charge on any atom is 0.330 e. The van der Waals surface area contributed by atoms with Gasteiger partial charge < -0.3 is 10.6 Å². The molecule has 0 saturated heterocycles. The third-order valence-electron chi connectivity index (χ3n) is 5.71. The Morgan fingerprint density at radius 1 is 1.34 bits per heavy atom. The van der Waals surface area contributed by atoms with Crippen LogP contribution in [0.25, 0.3) is 10.2 Å². The van der Waals surface area contributed by atoms with E-state index < -0.39 is 11.2 Å². The van der Waals surface area contributed by atoms with Crippen LogP contribution < -0.4 is 21.9 Å². The van der Waals surface area contributed by atoms with Crippen molar-refractivity contribution in [2.75, 3.05) is 16.4 Å². The number of amides is 1. The number of carbonyl (C=O) groups is 1. The molecule has 3 heterocycles. The molecule has 1 amide bonds. The largest absolute Gasteiger partial charge is 0.383 e.